The number of carbonyl (C=O) groups is 1. The SMILES string of the molecule is COC(=O)c1ccc(CS(=O)(=O)N2CCN(S(=O)(=O)c3ccc(C)cc3)CC2)cc1. The minimum absolute atomic E-state index is 0.0909. The van der Waals surface area contributed by atoms with Crippen LogP contribution in [0.2, 0.25) is 0 Å². The fraction of sp³-hybridized carbons (Fsp3) is 0.350. The molecule has 0 aliphatic carbocycles. The van der Waals surface area contributed by atoms with Crippen molar-refractivity contribution in [2.24, 2.45) is 0 Å². The topological polar surface area (TPSA) is 101 Å². The van der Waals surface area contributed by atoms with E-state index in [0.717, 1.165) is 5.56 Å². The van der Waals surface area contributed by atoms with Crippen LogP contribution in [0.15, 0.2) is 53.4 Å². The standard InChI is InChI=1S/C20H24N2O6S2/c1-16-3-9-19(10-4-16)30(26,27)22-13-11-21(12-14-22)29(24,25)15-17-5-7-18(8-6-17)20(23)28-2/h3-10H,11-15H2,1-2H3. The molecule has 0 aromatic heterocycles. The van der Waals surface area contributed by atoms with Gasteiger partial charge in [-0.15, -0.1) is 0 Å². The number of aryl methyl sites for hydroxylation is 1. The molecule has 2 aromatic carbocycles. The Labute approximate surface area is 177 Å². The first-order valence-corrected chi connectivity index (χ1v) is 12.4. The summed E-state index contributed by atoms with van der Waals surface area (Å²) in [6.45, 7) is 2.25. The molecule has 1 saturated heterocycles. The van der Waals surface area contributed by atoms with Crippen molar-refractivity contribution >= 4 is 26.0 Å². The van der Waals surface area contributed by atoms with Crippen molar-refractivity contribution in [3.05, 3.63) is 65.2 Å². The van der Waals surface area contributed by atoms with Crippen molar-refractivity contribution in [2.75, 3.05) is 33.3 Å². The van der Waals surface area contributed by atoms with E-state index < -0.39 is 26.0 Å². The smallest absolute Gasteiger partial charge is 0.337 e. The monoisotopic (exact) mass is 452 g/mol. The molecule has 0 spiro atoms. The van der Waals surface area contributed by atoms with Crippen LogP contribution in [0.5, 0.6) is 0 Å². The minimum atomic E-state index is -3.65. The first kappa shape index (κ1) is 22.4. The predicted octanol–water partition coefficient (Wildman–Crippen LogP) is 1.62. The van der Waals surface area contributed by atoms with Crippen molar-refractivity contribution < 1.29 is 26.4 Å². The lowest BCUT2D eigenvalue weighted by molar-refractivity contribution is 0.0600. The first-order chi connectivity index (χ1) is 14.1. The Balaban J connectivity index is 1.65. The number of sulfonamides is 2. The highest BCUT2D eigenvalue weighted by atomic mass is 32.2. The molecular formula is C20H24N2O6S2. The van der Waals surface area contributed by atoms with Crippen molar-refractivity contribution in [3.8, 4) is 0 Å². The van der Waals surface area contributed by atoms with Gasteiger partial charge >= 0.3 is 5.97 Å². The number of hydrogen-bond donors (Lipinski definition) is 0. The second-order valence-corrected chi connectivity index (χ2v) is 11.0. The van der Waals surface area contributed by atoms with Crippen LogP contribution in [-0.2, 0) is 30.5 Å². The lowest BCUT2D eigenvalue weighted by atomic mass is 10.1. The van der Waals surface area contributed by atoms with Crippen LogP contribution in [0.25, 0.3) is 0 Å². The molecule has 0 unspecified atom stereocenters. The Bertz CT molecular complexity index is 1100. The Morgan fingerprint density at radius 1 is 0.867 bits per heavy atom. The molecule has 1 aliphatic heterocycles. The lowest BCUT2D eigenvalue weighted by Crippen LogP contribution is -2.50. The van der Waals surface area contributed by atoms with Crippen LogP contribution >= 0.6 is 0 Å². The van der Waals surface area contributed by atoms with Gasteiger partial charge in [0, 0.05) is 26.2 Å². The van der Waals surface area contributed by atoms with Crippen LogP contribution in [-0.4, -0.2) is 64.7 Å². The summed E-state index contributed by atoms with van der Waals surface area (Å²) >= 11 is 0. The molecule has 30 heavy (non-hydrogen) atoms. The van der Waals surface area contributed by atoms with Gasteiger partial charge in [0.25, 0.3) is 0 Å². The Morgan fingerprint density at radius 3 is 1.93 bits per heavy atom. The molecule has 162 valence electrons. The minimum Gasteiger partial charge on any atom is -0.465 e. The zero-order valence-electron chi connectivity index (χ0n) is 16.8. The third-order valence-corrected chi connectivity index (χ3v) is 8.74. The van der Waals surface area contributed by atoms with Crippen LogP contribution in [0, 0.1) is 6.92 Å². The first-order valence-electron chi connectivity index (χ1n) is 9.35. The van der Waals surface area contributed by atoms with Gasteiger partial charge in [-0.1, -0.05) is 29.8 Å². The maximum atomic E-state index is 12.8. The van der Waals surface area contributed by atoms with Gasteiger partial charge in [-0.25, -0.2) is 21.6 Å². The summed E-state index contributed by atoms with van der Waals surface area (Å²) in [6.07, 6.45) is 0. The molecule has 1 fully saturated rings. The summed E-state index contributed by atoms with van der Waals surface area (Å²) in [4.78, 5) is 11.7. The normalized spacial score (nSPS) is 16.3. The highest BCUT2D eigenvalue weighted by molar-refractivity contribution is 7.89. The predicted molar refractivity (Wildman–Crippen MR) is 112 cm³/mol. The summed E-state index contributed by atoms with van der Waals surface area (Å²) in [6, 6.07) is 12.8. The summed E-state index contributed by atoms with van der Waals surface area (Å²) in [7, 11) is -6.00. The van der Waals surface area contributed by atoms with Gasteiger partial charge in [-0.3, -0.25) is 0 Å². The Hall–Kier alpha value is -2.27. The zero-order chi connectivity index (χ0) is 21.9. The van der Waals surface area contributed by atoms with Crippen molar-refractivity contribution in [3.63, 3.8) is 0 Å². The average Bonchev–Trinajstić information content (AvgIpc) is 2.74. The highest BCUT2D eigenvalue weighted by Gasteiger charge is 2.33. The molecule has 1 heterocycles. The highest BCUT2D eigenvalue weighted by Crippen LogP contribution is 2.20. The van der Waals surface area contributed by atoms with Crippen molar-refractivity contribution in [1.29, 1.82) is 0 Å². The van der Waals surface area contributed by atoms with E-state index in [4.69, 9.17) is 0 Å². The number of hydrogen-bond acceptors (Lipinski definition) is 6. The maximum Gasteiger partial charge on any atom is 0.337 e. The van der Waals surface area contributed by atoms with Crippen LogP contribution in [0.3, 0.4) is 0 Å². The molecule has 0 amide bonds. The molecule has 10 heteroatoms. The molecule has 0 saturated carbocycles. The van der Waals surface area contributed by atoms with Gasteiger partial charge in [0.2, 0.25) is 20.0 Å². The third-order valence-electron chi connectivity index (χ3n) is 4.97. The third kappa shape index (κ3) is 4.89. The molecular weight excluding hydrogens is 428 g/mol. The van der Waals surface area contributed by atoms with Crippen LogP contribution in [0.4, 0.5) is 0 Å². The fourth-order valence-corrected chi connectivity index (χ4v) is 6.14. The number of carbonyl (C=O) groups excluding carboxylic acids is 1. The van der Waals surface area contributed by atoms with Gasteiger partial charge in [-0.2, -0.15) is 8.61 Å². The lowest BCUT2D eigenvalue weighted by Gasteiger charge is -2.33. The fourth-order valence-electron chi connectivity index (χ4n) is 3.20. The zero-order valence-corrected chi connectivity index (χ0v) is 18.4. The quantitative estimate of drug-likeness (QED) is 0.618. The molecule has 0 bridgehead atoms. The maximum absolute atomic E-state index is 12.8. The van der Waals surface area contributed by atoms with Gasteiger partial charge in [0.1, 0.15) is 0 Å². The van der Waals surface area contributed by atoms with Crippen LogP contribution in [0.1, 0.15) is 21.5 Å². The molecule has 0 radical (unpaired) electrons. The van der Waals surface area contributed by atoms with E-state index in [-0.39, 0.29) is 36.8 Å². The average molecular weight is 453 g/mol. The number of benzene rings is 2. The Kier molecular flexibility index (Phi) is 6.61. The second kappa shape index (κ2) is 8.84. The second-order valence-electron chi connectivity index (χ2n) is 7.06. The van der Waals surface area contributed by atoms with Gasteiger partial charge in [0.15, 0.2) is 0 Å². The summed E-state index contributed by atoms with van der Waals surface area (Å²) in [5.74, 6) is -0.713. The number of ether oxygens (including phenoxy) is 1. The molecule has 2 aromatic rings. The van der Waals surface area contributed by atoms with Gasteiger partial charge in [0.05, 0.1) is 23.3 Å². The van der Waals surface area contributed by atoms with E-state index in [2.05, 4.69) is 4.74 Å². The van der Waals surface area contributed by atoms with E-state index in [9.17, 15) is 21.6 Å². The van der Waals surface area contributed by atoms with E-state index in [1.165, 1.54) is 27.9 Å². The molecule has 8 nitrogen and oxygen atoms in total. The number of rotatable bonds is 6. The van der Waals surface area contributed by atoms with Gasteiger partial charge < -0.3 is 4.74 Å². The molecule has 1 aliphatic rings. The van der Waals surface area contributed by atoms with E-state index >= 15 is 0 Å². The van der Waals surface area contributed by atoms with E-state index in [0.29, 0.717) is 11.1 Å². The number of piperazine rings is 1. The van der Waals surface area contributed by atoms with E-state index in [1.807, 2.05) is 6.92 Å². The molecule has 0 atom stereocenters. The Morgan fingerprint density at radius 2 is 1.40 bits per heavy atom. The molecule has 3 rings (SSSR count). The summed E-state index contributed by atoms with van der Waals surface area (Å²) in [5.41, 5.74) is 1.84. The molecule has 0 N–H and O–H groups in total. The largest absolute Gasteiger partial charge is 0.465 e. The van der Waals surface area contributed by atoms with Crippen molar-refractivity contribution in [2.45, 2.75) is 17.6 Å². The van der Waals surface area contributed by atoms with Gasteiger partial charge in [-0.05, 0) is 36.8 Å². The van der Waals surface area contributed by atoms with Crippen molar-refractivity contribution in [1.82, 2.24) is 8.61 Å². The van der Waals surface area contributed by atoms with E-state index in [1.54, 1.807) is 36.4 Å². The summed E-state index contributed by atoms with van der Waals surface area (Å²) in [5, 5.41) is 0. The summed E-state index contributed by atoms with van der Waals surface area (Å²) < 4.78 is 58.3. The number of methoxy groups -OCH3 is 1. The van der Waals surface area contributed by atoms with Crippen LogP contribution < -0.4 is 0 Å². The number of esters is 1. The number of nitrogens with zero attached hydrogens (tertiary/aromatic N) is 2.